The van der Waals surface area contributed by atoms with E-state index >= 15 is 0 Å². The lowest BCUT2D eigenvalue weighted by atomic mass is 9.88. The molecule has 0 aliphatic heterocycles. The summed E-state index contributed by atoms with van der Waals surface area (Å²) in [6, 6.07) is 14.4. The van der Waals surface area contributed by atoms with E-state index in [0.29, 0.717) is 35.6 Å². The lowest BCUT2D eigenvalue weighted by Gasteiger charge is -2.23. The second-order valence-corrected chi connectivity index (χ2v) is 7.10. The first-order valence-corrected chi connectivity index (χ1v) is 9.82. The van der Waals surface area contributed by atoms with Crippen molar-refractivity contribution in [3.63, 3.8) is 0 Å². The zero-order chi connectivity index (χ0) is 21.2. The molecule has 0 aliphatic carbocycles. The number of nitrogens with one attached hydrogen (secondary N) is 2. The highest BCUT2D eigenvalue weighted by Gasteiger charge is 2.17. The molecule has 0 heterocycles. The van der Waals surface area contributed by atoms with Crippen molar-refractivity contribution in [1.29, 1.82) is 0 Å². The van der Waals surface area contributed by atoms with Crippen LogP contribution in [0, 0.1) is 5.92 Å². The molecule has 2 aromatic rings. The van der Waals surface area contributed by atoms with E-state index in [9.17, 15) is 0 Å². The molecule has 0 aliphatic rings. The first-order valence-electron chi connectivity index (χ1n) is 9.82. The van der Waals surface area contributed by atoms with Crippen molar-refractivity contribution < 1.29 is 14.2 Å². The minimum atomic E-state index is 0. The van der Waals surface area contributed by atoms with Gasteiger partial charge in [0.2, 0.25) is 5.75 Å². The lowest BCUT2D eigenvalue weighted by Crippen LogP contribution is -2.39. The lowest BCUT2D eigenvalue weighted by molar-refractivity contribution is 0.323. The summed E-state index contributed by atoms with van der Waals surface area (Å²) in [6.07, 6.45) is 0. The molecule has 0 aromatic heterocycles. The van der Waals surface area contributed by atoms with Crippen LogP contribution < -0.4 is 24.8 Å². The predicted octanol–water partition coefficient (Wildman–Crippen LogP) is 4.44. The van der Waals surface area contributed by atoms with Crippen LogP contribution >= 0.6 is 24.0 Å². The summed E-state index contributed by atoms with van der Waals surface area (Å²) in [5.41, 5.74) is 2.33. The molecule has 6 nitrogen and oxygen atoms in total. The van der Waals surface area contributed by atoms with Crippen molar-refractivity contribution in [1.82, 2.24) is 10.6 Å². The fourth-order valence-corrected chi connectivity index (χ4v) is 3.29. The number of ether oxygens (including phenoxy) is 3. The minimum absolute atomic E-state index is 0. The number of guanidine groups is 1. The molecule has 166 valence electrons. The van der Waals surface area contributed by atoms with E-state index < -0.39 is 0 Å². The molecule has 2 N–H and O–H groups in total. The molecule has 7 heteroatoms. The Morgan fingerprint density at radius 2 is 1.53 bits per heavy atom. The van der Waals surface area contributed by atoms with Crippen molar-refractivity contribution in [2.75, 3.05) is 34.9 Å². The second kappa shape index (κ2) is 13.2. The highest BCUT2D eigenvalue weighted by atomic mass is 127. The molecule has 0 bridgehead atoms. The van der Waals surface area contributed by atoms with Gasteiger partial charge in [0, 0.05) is 26.1 Å². The van der Waals surface area contributed by atoms with Crippen molar-refractivity contribution in [3.05, 3.63) is 53.6 Å². The number of hydrogen-bond acceptors (Lipinski definition) is 4. The Morgan fingerprint density at radius 1 is 0.933 bits per heavy atom. The fourth-order valence-electron chi connectivity index (χ4n) is 3.29. The van der Waals surface area contributed by atoms with Gasteiger partial charge in [-0.3, -0.25) is 4.99 Å². The zero-order valence-corrected chi connectivity index (χ0v) is 21.0. The smallest absolute Gasteiger partial charge is 0.203 e. The second-order valence-electron chi connectivity index (χ2n) is 7.10. The number of rotatable bonds is 9. The monoisotopic (exact) mass is 527 g/mol. The average molecular weight is 527 g/mol. The molecular formula is C23H34IN3O3. The van der Waals surface area contributed by atoms with Crippen molar-refractivity contribution in [2.24, 2.45) is 10.9 Å². The number of nitrogens with zero attached hydrogens (tertiary/aromatic N) is 1. The van der Waals surface area contributed by atoms with Gasteiger partial charge in [-0.15, -0.1) is 24.0 Å². The van der Waals surface area contributed by atoms with Crippen LogP contribution in [0.15, 0.2) is 47.5 Å². The molecule has 0 fully saturated rings. The minimum Gasteiger partial charge on any atom is -0.493 e. The van der Waals surface area contributed by atoms with Gasteiger partial charge in [-0.1, -0.05) is 44.2 Å². The molecule has 1 unspecified atom stereocenters. The highest BCUT2D eigenvalue weighted by Crippen LogP contribution is 2.38. The first kappa shape index (κ1) is 25.9. The van der Waals surface area contributed by atoms with Crippen LogP contribution in [-0.2, 0) is 6.54 Å². The Labute approximate surface area is 197 Å². The Kier molecular flexibility index (Phi) is 11.4. The van der Waals surface area contributed by atoms with E-state index in [4.69, 9.17) is 14.2 Å². The van der Waals surface area contributed by atoms with Gasteiger partial charge in [-0.25, -0.2) is 0 Å². The van der Waals surface area contributed by atoms with E-state index in [2.05, 4.69) is 53.7 Å². The zero-order valence-electron chi connectivity index (χ0n) is 18.7. The van der Waals surface area contributed by atoms with E-state index in [1.807, 2.05) is 18.2 Å². The van der Waals surface area contributed by atoms with E-state index in [1.165, 1.54) is 5.56 Å². The molecule has 1 atom stereocenters. The molecule has 30 heavy (non-hydrogen) atoms. The molecule has 2 aromatic carbocycles. The van der Waals surface area contributed by atoms with Gasteiger partial charge in [0.25, 0.3) is 0 Å². The van der Waals surface area contributed by atoms with Crippen molar-refractivity contribution >= 4 is 29.9 Å². The first-order chi connectivity index (χ1) is 14.0. The summed E-state index contributed by atoms with van der Waals surface area (Å²) < 4.78 is 16.2. The maximum Gasteiger partial charge on any atom is 0.203 e. The summed E-state index contributed by atoms with van der Waals surface area (Å²) in [4.78, 5) is 4.35. The summed E-state index contributed by atoms with van der Waals surface area (Å²) in [7, 11) is 6.61. The highest BCUT2D eigenvalue weighted by molar-refractivity contribution is 14.0. The SMILES string of the molecule is CN=C(NCc1cc(OC)c(OC)c(OC)c1)NCC(c1ccccc1)C(C)C.I. The van der Waals surface area contributed by atoms with E-state index in [-0.39, 0.29) is 24.0 Å². The van der Waals surface area contributed by atoms with Crippen LogP contribution in [0.25, 0.3) is 0 Å². The molecule has 0 radical (unpaired) electrons. The third kappa shape index (κ3) is 6.97. The van der Waals surface area contributed by atoms with Gasteiger partial charge in [0.05, 0.1) is 21.3 Å². The van der Waals surface area contributed by atoms with Gasteiger partial charge >= 0.3 is 0 Å². The Morgan fingerprint density at radius 3 is 2.00 bits per heavy atom. The maximum absolute atomic E-state index is 5.43. The fraction of sp³-hybridized carbons (Fsp3) is 0.435. The van der Waals surface area contributed by atoms with Gasteiger partial charge < -0.3 is 24.8 Å². The molecule has 0 spiro atoms. The number of aliphatic imine (C=N–C) groups is 1. The quantitative estimate of drug-likeness (QED) is 0.287. The van der Waals surface area contributed by atoms with Gasteiger partial charge in [0.15, 0.2) is 17.5 Å². The number of methoxy groups -OCH3 is 3. The molecular weight excluding hydrogens is 493 g/mol. The van der Waals surface area contributed by atoms with E-state index in [1.54, 1.807) is 28.4 Å². The Balaban J connectivity index is 0.00000450. The van der Waals surface area contributed by atoms with Gasteiger partial charge in [-0.2, -0.15) is 0 Å². The third-order valence-electron chi connectivity index (χ3n) is 4.93. The molecule has 2 rings (SSSR count). The molecule has 0 saturated heterocycles. The van der Waals surface area contributed by atoms with Crippen molar-refractivity contribution in [2.45, 2.75) is 26.3 Å². The van der Waals surface area contributed by atoms with Crippen LogP contribution in [0.5, 0.6) is 17.2 Å². The van der Waals surface area contributed by atoms with Crippen LogP contribution in [0.1, 0.15) is 30.9 Å². The Hall–Kier alpha value is -2.16. The van der Waals surface area contributed by atoms with E-state index in [0.717, 1.165) is 18.1 Å². The van der Waals surface area contributed by atoms with Crippen molar-refractivity contribution in [3.8, 4) is 17.2 Å². The standard InChI is InChI=1S/C23H33N3O3.HI/c1-16(2)19(18-10-8-7-9-11-18)15-26-23(24-3)25-14-17-12-20(27-4)22(29-6)21(13-17)28-5;/h7-13,16,19H,14-15H2,1-6H3,(H2,24,25,26);1H. The van der Waals surface area contributed by atoms with Crippen LogP contribution in [0.3, 0.4) is 0 Å². The molecule has 0 saturated carbocycles. The summed E-state index contributed by atoms with van der Waals surface area (Å²) in [5, 5.41) is 6.81. The predicted molar refractivity (Wildman–Crippen MR) is 134 cm³/mol. The summed E-state index contributed by atoms with van der Waals surface area (Å²) in [6.45, 7) is 5.86. The number of hydrogen-bond donors (Lipinski definition) is 2. The normalized spacial score (nSPS) is 12.0. The largest absolute Gasteiger partial charge is 0.493 e. The third-order valence-corrected chi connectivity index (χ3v) is 4.93. The van der Waals surface area contributed by atoms with Crippen LogP contribution in [0.2, 0.25) is 0 Å². The molecule has 0 amide bonds. The van der Waals surface area contributed by atoms with Gasteiger partial charge in [0.1, 0.15) is 0 Å². The summed E-state index contributed by atoms with van der Waals surface area (Å²) in [5.74, 6) is 3.52. The number of benzene rings is 2. The number of halogens is 1. The van der Waals surface area contributed by atoms with Crippen LogP contribution in [0.4, 0.5) is 0 Å². The maximum atomic E-state index is 5.43. The van der Waals surface area contributed by atoms with Crippen LogP contribution in [-0.4, -0.2) is 40.9 Å². The average Bonchev–Trinajstić information content (AvgIpc) is 2.75. The summed E-state index contributed by atoms with van der Waals surface area (Å²) >= 11 is 0. The van der Waals surface area contributed by atoms with Gasteiger partial charge in [-0.05, 0) is 29.2 Å². The Bertz CT molecular complexity index is 773. The topological polar surface area (TPSA) is 64.1 Å².